The molecule has 2 bridgehead atoms. The van der Waals surface area contributed by atoms with Crippen LogP contribution in [0.4, 0.5) is 5.69 Å². The van der Waals surface area contributed by atoms with Crippen LogP contribution in [0, 0.1) is 17.3 Å². The van der Waals surface area contributed by atoms with Gasteiger partial charge in [0.2, 0.25) is 0 Å². The summed E-state index contributed by atoms with van der Waals surface area (Å²) >= 11 is 0. The van der Waals surface area contributed by atoms with Gasteiger partial charge in [-0.25, -0.2) is 0 Å². The van der Waals surface area contributed by atoms with Crippen molar-refractivity contribution in [3.05, 3.63) is 42.0 Å². The van der Waals surface area contributed by atoms with Crippen LogP contribution < -0.4 is 5.32 Å². The Bertz CT molecular complexity index is 444. The predicted molar refractivity (Wildman–Crippen MR) is 77.6 cm³/mol. The second-order valence-corrected chi connectivity index (χ2v) is 6.36. The molecule has 0 heterocycles. The summed E-state index contributed by atoms with van der Waals surface area (Å²) in [5.74, 6) is 1.81. The normalized spacial score (nSPS) is 28.2. The molecule has 3 aliphatic rings. The van der Waals surface area contributed by atoms with Crippen LogP contribution in [-0.2, 0) is 0 Å². The van der Waals surface area contributed by atoms with Crippen LogP contribution in [0.25, 0.3) is 0 Å². The lowest BCUT2D eigenvalue weighted by Crippen LogP contribution is -2.48. The number of fused-ring (bicyclic) bond motifs is 1. The highest BCUT2D eigenvalue weighted by molar-refractivity contribution is 5.42. The molecule has 0 saturated heterocycles. The third kappa shape index (κ3) is 1.96. The Balaban J connectivity index is 1.54. The first-order chi connectivity index (χ1) is 8.68. The van der Waals surface area contributed by atoms with Gasteiger partial charge in [-0.3, -0.25) is 0 Å². The minimum atomic E-state index is 0.566. The van der Waals surface area contributed by atoms with Gasteiger partial charge in [-0.15, -0.1) is 0 Å². The minimum absolute atomic E-state index is 0.566. The van der Waals surface area contributed by atoms with E-state index in [1.165, 1.54) is 24.9 Å². The van der Waals surface area contributed by atoms with Gasteiger partial charge in [0.15, 0.2) is 0 Å². The Morgan fingerprint density at radius 2 is 2.00 bits per heavy atom. The van der Waals surface area contributed by atoms with E-state index in [1.54, 1.807) is 5.57 Å². The van der Waals surface area contributed by atoms with E-state index in [9.17, 15) is 0 Å². The Morgan fingerprint density at radius 3 is 2.67 bits per heavy atom. The quantitative estimate of drug-likeness (QED) is 0.766. The van der Waals surface area contributed by atoms with Crippen molar-refractivity contribution in [1.82, 2.24) is 0 Å². The summed E-state index contributed by atoms with van der Waals surface area (Å²) in [7, 11) is 0. The number of allylic oxidation sites excluding steroid dienone is 1. The summed E-state index contributed by atoms with van der Waals surface area (Å²) in [4.78, 5) is 0. The second kappa shape index (κ2) is 4.46. The van der Waals surface area contributed by atoms with Gasteiger partial charge in [-0.2, -0.15) is 0 Å². The molecule has 0 radical (unpaired) electrons. The molecule has 1 heteroatoms. The maximum atomic E-state index is 3.52. The average molecular weight is 241 g/mol. The Labute approximate surface area is 110 Å². The van der Waals surface area contributed by atoms with Crippen LogP contribution in [0.5, 0.6) is 0 Å². The van der Waals surface area contributed by atoms with Crippen molar-refractivity contribution in [2.24, 2.45) is 17.3 Å². The van der Waals surface area contributed by atoms with Crippen LogP contribution in [0.15, 0.2) is 42.0 Å². The van der Waals surface area contributed by atoms with Crippen molar-refractivity contribution in [3.8, 4) is 0 Å². The maximum Gasteiger partial charge on any atom is 0.0340 e. The zero-order valence-corrected chi connectivity index (χ0v) is 11.4. The summed E-state index contributed by atoms with van der Waals surface area (Å²) in [5, 5.41) is 3.52. The third-order valence-electron chi connectivity index (χ3n) is 5.10. The highest BCUT2D eigenvalue weighted by Crippen LogP contribution is 2.59. The van der Waals surface area contributed by atoms with Gasteiger partial charge < -0.3 is 5.32 Å². The Hall–Kier alpha value is -1.24. The maximum absolute atomic E-state index is 3.52. The molecule has 1 fully saturated rings. The zero-order valence-electron chi connectivity index (χ0n) is 11.4. The molecule has 1 nitrogen and oxygen atoms in total. The number of rotatable bonds is 4. The molecule has 2 atom stereocenters. The van der Waals surface area contributed by atoms with Gasteiger partial charge in [-0.05, 0) is 48.6 Å². The van der Waals surface area contributed by atoms with Crippen LogP contribution >= 0.6 is 0 Å². The van der Waals surface area contributed by atoms with Crippen LogP contribution in [0.1, 0.15) is 33.1 Å². The lowest BCUT2D eigenvalue weighted by molar-refractivity contribution is -0.00789. The van der Waals surface area contributed by atoms with Crippen molar-refractivity contribution in [2.45, 2.75) is 33.1 Å². The predicted octanol–water partition coefficient (Wildman–Crippen LogP) is 4.48. The van der Waals surface area contributed by atoms with E-state index in [4.69, 9.17) is 0 Å². The SMILES string of the molecule is CC1(C)[C@H]2CC=C(CCNc3ccccc3)[C@@H]1C2. The molecular formula is C17H23N. The van der Waals surface area contributed by atoms with Gasteiger partial charge in [0, 0.05) is 12.2 Å². The zero-order chi connectivity index (χ0) is 12.6. The lowest BCUT2D eigenvalue weighted by atomic mass is 9.48. The molecule has 0 aromatic heterocycles. The standard InChI is InChI=1S/C17H23N/c1-17(2)14-9-8-13(16(17)12-14)10-11-18-15-6-4-3-5-7-15/h3-8,14,16,18H,9-12H2,1-2H3/t14-,16-/m0/s1. The monoisotopic (exact) mass is 241 g/mol. The largest absolute Gasteiger partial charge is 0.385 e. The average Bonchev–Trinajstić information content (AvgIpc) is 2.40. The fourth-order valence-corrected chi connectivity index (χ4v) is 3.66. The summed E-state index contributed by atoms with van der Waals surface area (Å²) in [6.07, 6.45) is 6.46. The van der Waals surface area contributed by atoms with E-state index in [0.29, 0.717) is 5.41 Å². The summed E-state index contributed by atoms with van der Waals surface area (Å²) in [5.41, 5.74) is 3.50. The van der Waals surface area contributed by atoms with E-state index in [-0.39, 0.29) is 0 Å². The molecule has 4 rings (SSSR count). The van der Waals surface area contributed by atoms with E-state index in [0.717, 1.165) is 18.4 Å². The summed E-state index contributed by atoms with van der Waals surface area (Å²) in [6.45, 7) is 5.96. The molecule has 3 aliphatic carbocycles. The highest BCUT2D eigenvalue weighted by atomic mass is 14.9. The van der Waals surface area contributed by atoms with E-state index < -0.39 is 0 Å². The van der Waals surface area contributed by atoms with Crippen molar-refractivity contribution in [3.63, 3.8) is 0 Å². The number of anilines is 1. The van der Waals surface area contributed by atoms with E-state index in [2.05, 4.69) is 55.6 Å². The van der Waals surface area contributed by atoms with Crippen molar-refractivity contribution in [1.29, 1.82) is 0 Å². The van der Waals surface area contributed by atoms with Gasteiger partial charge >= 0.3 is 0 Å². The molecule has 0 aliphatic heterocycles. The molecule has 1 aromatic carbocycles. The fraction of sp³-hybridized carbons (Fsp3) is 0.529. The number of nitrogens with one attached hydrogen (secondary N) is 1. The molecule has 1 aromatic rings. The first kappa shape index (κ1) is 11.8. The van der Waals surface area contributed by atoms with Gasteiger partial charge in [0.05, 0.1) is 0 Å². The number of para-hydroxylation sites is 1. The van der Waals surface area contributed by atoms with Crippen molar-refractivity contribution < 1.29 is 0 Å². The van der Waals surface area contributed by atoms with Gasteiger partial charge in [0.25, 0.3) is 0 Å². The van der Waals surface area contributed by atoms with Crippen LogP contribution in [0.3, 0.4) is 0 Å². The van der Waals surface area contributed by atoms with Crippen molar-refractivity contribution in [2.75, 3.05) is 11.9 Å². The number of hydrogen-bond acceptors (Lipinski definition) is 1. The Kier molecular flexibility index (Phi) is 2.93. The summed E-state index contributed by atoms with van der Waals surface area (Å²) < 4.78 is 0. The van der Waals surface area contributed by atoms with E-state index in [1.807, 2.05) is 0 Å². The summed E-state index contributed by atoms with van der Waals surface area (Å²) in [6, 6.07) is 10.5. The van der Waals surface area contributed by atoms with Crippen molar-refractivity contribution >= 4 is 5.69 Å². The molecule has 0 spiro atoms. The number of benzene rings is 1. The Morgan fingerprint density at radius 1 is 1.22 bits per heavy atom. The molecule has 1 saturated carbocycles. The number of hydrogen-bond donors (Lipinski definition) is 1. The highest BCUT2D eigenvalue weighted by Gasteiger charge is 2.50. The smallest absolute Gasteiger partial charge is 0.0340 e. The lowest BCUT2D eigenvalue weighted by Gasteiger charge is -2.56. The molecule has 0 amide bonds. The first-order valence-corrected chi connectivity index (χ1v) is 7.16. The van der Waals surface area contributed by atoms with Gasteiger partial charge in [-0.1, -0.05) is 43.7 Å². The molecular weight excluding hydrogens is 218 g/mol. The van der Waals surface area contributed by atoms with Crippen LogP contribution in [0.2, 0.25) is 0 Å². The third-order valence-corrected chi connectivity index (χ3v) is 5.10. The van der Waals surface area contributed by atoms with Gasteiger partial charge in [0.1, 0.15) is 0 Å². The van der Waals surface area contributed by atoms with Crippen LogP contribution in [-0.4, -0.2) is 6.54 Å². The molecule has 1 N–H and O–H groups in total. The second-order valence-electron chi connectivity index (χ2n) is 6.36. The molecule has 18 heavy (non-hydrogen) atoms. The molecule has 96 valence electrons. The topological polar surface area (TPSA) is 12.0 Å². The first-order valence-electron chi connectivity index (χ1n) is 7.16. The minimum Gasteiger partial charge on any atom is -0.385 e. The fourth-order valence-electron chi connectivity index (χ4n) is 3.66. The molecule has 0 unspecified atom stereocenters. The van der Waals surface area contributed by atoms with E-state index >= 15 is 0 Å².